The topological polar surface area (TPSA) is 65.0 Å². The number of carbonyl (C=O) groups excluding carboxylic acids is 1. The van der Waals surface area contributed by atoms with E-state index in [4.69, 9.17) is 4.74 Å². The number of piperazine rings is 1. The zero-order valence-electron chi connectivity index (χ0n) is 18.3. The molecule has 6 heteroatoms. The Hall–Kier alpha value is -3.51. The first kappa shape index (κ1) is 21.7. The van der Waals surface area contributed by atoms with Crippen LogP contribution in [0.3, 0.4) is 0 Å². The van der Waals surface area contributed by atoms with Crippen molar-refractivity contribution in [2.45, 2.75) is 19.6 Å². The summed E-state index contributed by atoms with van der Waals surface area (Å²) >= 11 is 0. The molecule has 1 saturated heterocycles. The third kappa shape index (κ3) is 5.39. The van der Waals surface area contributed by atoms with E-state index in [0.717, 1.165) is 48.9 Å². The van der Waals surface area contributed by atoms with Crippen LogP contribution in [0.15, 0.2) is 78.9 Å². The van der Waals surface area contributed by atoms with E-state index in [2.05, 4.69) is 15.1 Å². The quantitative estimate of drug-likeness (QED) is 0.589. The highest BCUT2D eigenvalue weighted by Gasteiger charge is 2.26. The molecule has 1 aliphatic heterocycles. The van der Waals surface area contributed by atoms with Gasteiger partial charge < -0.3 is 20.1 Å². The monoisotopic (exact) mass is 431 g/mol. The zero-order valence-corrected chi connectivity index (χ0v) is 18.3. The summed E-state index contributed by atoms with van der Waals surface area (Å²) in [5.74, 6) is 1.03. The standard InChI is InChI=1S/C26H29N3O3/c1-20(28-15-17-29(18-16-28)24-9-5-6-10-25(24)30)26(31)27-22-11-13-23(14-12-22)32-19-21-7-3-2-4-8-21/h2-14,20,30H,15-19H2,1H3,(H,27,31). The third-order valence-electron chi connectivity index (χ3n) is 5.83. The normalized spacial score (nSPS) is 15.2. The van der Waals surface area contributed by atoms with Crippen molar-refractivity contribution in [3.05, 3.63) is 84.4 Å². The highest BCUT2D eigenvalue weighted by molar-refractivity contribution is 5.94. The Morgan fingerprint density at radius 3 is 2.28 bits per heavy atom. The second-order valence-electron chi connectivity index (χ2n) is 7.98. The van der Waals surface area contributed by atoms with E-state index in [0.29, 0.717) is 12.4 Å². The number of hydrogen-bond acceptors (Lipinski definition) is 5. The molecule has 0 bridgehead atoms. The van der Waals surface area contributed by atoms with Crippen molar-refractivity contribution in [2.75, 3.05) is 36.4 Å². The number of para-hydroxylation sites is 2. The smallest absolute Gasteiger partial charge is 0.241 e. The lowest BCUT2D eigenvalue weighted by atomic mass is 10.2. The number of phenols is 1. The predicted octanol–water partition coefficient (Wildman–Crippen LogP) is 4.12. The molecule has 1 unspecified atom stereocenters. The first-order chi connectivity index (χ1) is 15.6. The van der Waals surface area contributed by atoms with Gasteiger partial charge in [0.05, 0.1) is 11.7 Å². The number of phenolic OH excluding ortho intramolecular Hbond substituents is 1. The van der Waals surface area contributed by atoms with Gasteiger partial charge in [-0.3, -0.25) is 9.69 Å². The van der Waals surface area contributed by atoms with Crippen molar-refractivity contribution in [2.24, 2.45) is 0 Å². The Balaban J connectivity index is 1.26. The number of hydrogen-bond donors (Lipinski definition) is 2. The minimum absolute atomic E-state index is 0.0287. The summed E-state index contributed by atoms with van der Waals surface area (Å²) in [6, 6.07) is 24.6. The van der Waals surface area contributed by atoms with Gasteiger partial charge in [-0.15, -0.1) is 0 Å². The maximum atomic E-state index is 12.8. The maximum Gasteiger partial charge on any atom is 0.241 e. The minimum Gasteiger partial charge on any atom is -0.506 e. The summed E-state index contributed by atoms with van der Waals surface area (Å²) in [6.07, 6.45) is 0. The highest BCUT2D eigenvalue weighted by atomic mass is 16.5. The fourth-order valence-corrected chi connectivity index (χ4v) is 3.87. The molecule has 1 atom stereocenters. The average Bonchev–Trinajstić information content (AvgIpc) is 2.84. The van der Waals surface area contributed by atoms with E-state index in [1.807, 2.05) is 79.7 Å². The summed E-state index contributed by atoms with van der Waals surface area (Å²) < 4.78 is 5.81. The van der Waals surface area contributed by atoms with Crippen LogP contribution in [0.5, 0.6) is 11.5 Å². The van der Waals surface area contributed by atoms with Crippen molar-refractivity contribution in [1.82, 2.24) is 4.90 Å². The molecule has 1 heterocycles. The number of benzene rings is 3. The molecule has 0 aromatic heterocycles. The molecule has 1 amide bonds. The molecular weight excluding hydrogens is 402 g/mol. The number of amides is 1. The molecule has 1 fully saturated rings. The van der Waals surface area contributed by atoms with Gasteiger partial charge in [-0.25, -0.2) is 0 Å². The van der Waals surface area contributed by atoms with Crippen molar-refractivity contribution in [3.8, 4) is 11.5 Å². The molecule has 3 aromatic rings. The summed E-state index contributed by atoms with van der Waals surface area (Å²) in [5, 5.41) is 13.1. The maximum absolute atomic E-state index is 12.8. The molecule has 0 radical (unpaired) electrons. The van der Waals surface area contributed by atoms with E-state index in [9.17, 15) is 9.90 Å². The minimum atomic E-state index is -0.240. The summed E-state index contributed by atoms with van der Waals surface area (Å²) in [6.45, 7) is 5.49. The van der Waals surface area contributed by atoms with Crippen LogP contribution in [0.1, 0.15) is 12.5 Å². The number of nitrogens with one attached hydrogen (secondary N) is 1. The third-order valence-corrected chi connectivity index (χ3v) is 5.83. The number of nitrogens with zero attached hydrogens (tertiary/aromatic N) is 2. The van der Waals surface area contributed by atoms with Crippen LogP contribution in [0.2, 0.25) is 0 Å². The fourth-order valence-electron chi connectivity index (χ4n) is 3.87. The predicted molar refractivity (Wildman–Crippen MR) is 127 cm³/mol. The SMILES string of the molecule is CC(C(=O)Nc1ccc(OCc2ccccc2)cc1)N1CCN(c2ccccc2O)CC1. The Morgan fingerprint density at radius 1 is 0.938 bits per heavy atom. The van der Waals surface area contributed by atoms with E-state index < -0.39 is 0 Å². The van der Waals surface area contributed by atoms with E-state index >= 15 is 0 Å². The first-order valence-corrected chi connectivity index (χ1v) is 10.9. The Kier molecular flexibility index (Phi) is 6.92. The van der Waals surface area contributed by atoms with Crippen molar-refractivity contribution < 1.29 is 14.6 Å². The van der Waals surface area contributed by atoms with Crippen LogP contribution in [0.25, 0.3) is 0 Å². The van der Waals surface area contributed by atoms with Gasteiger partial charge in [0.2, 0.25) is 5.91 Å². The fraction of sp³-hybridized carbons (Fsp3) is 0.269. The van der Waals surface area contributed by atoms with E-state index in [1.165, 1.54) is 0 Å². The molecule has 0 saturated carbocycles. The van der Waals surface area contributed by atoms with Crippen LogP contribution in [-0.2, 0) is 11.4 Å². The molecule has 3 aromatic carbocycles. The number of anilines is 2. The van der Waals surface area contributed by atoms with Crippen molar-refractivity contribution in [1.29, 1.82) is 0 Å². The number of ether oxygens (including phenoxy) is 1. The summed E-state index contributed by atoms with van der Waals surface area (Å²) in [5.41, 5.74) is 2.71. The number of aromatic hydroxyl groups is 1. The second kappa shape index (κ2) is 10.2. The van der Waals surface area contributed by atoms with Crippen LogP contribution < -0.4 is 15.0 Å². The lowest BCUT2D eigenvalue weighted by Crippen LogP contribution is -2.52. The Morgan fingerprint density at radius 2 is 1.59 bits per heavy atom. The van der Waals surface area contributed by atoms with Crippen molar-refractivity contribution in [3.63, 3.8) is 0 Å². The van der Waals surface area contributed by atoms with Gasteiger partial charge in [0.15, 0.2) is 0 Å². The largest absolute Gasteiger partial charge is 0.506 e. The summed E-state index contributed by atoms with van der Waals surface area (Å²) in [7, 11) is 0. The van der Waals surface area contributed by atoms with Gasteiger partial charge in [-0.2, -0.15) is 0 Å². The van der Waals surface area contributed by atoms with Gasteiger partial charge in [-0.1, -0.05) is 42.5 Å². The van der Waals surface area contributed by atoms with Gasteiger partial charge in [0.25, 0.3) is 0 Å². The number of carbonyl (C=O) groups is 1. The number of rotatable bonds is 7. The van der Waals surface area contributed by atoms with Crippen LogP contribution in [0.4, 0.5) is 11.4 Å². The Bertz CT molecular complexity index is 1020. The van der Waals surface area contributed by atoms with Gasteiger partial charge >= 0.3 is 0 Å². The molecule has 2 N–H and O–H groups in total. The molecule has 4 rings (SSSR count). The molecular formula is C26H29N3O3. The molecule has 32 heavy (non-hydrogen) atoms. The Labute approximate surface area is 189 Å². The van der Waals surface area contributed by atoms with E-state index in [-0.39, 0.29) is 11.9 Å². The molecule has 6 nitrogen and oxygen atoms in total. The average molecular weight is 432 g/mol. The zero-order chi connectivity index (χ0) is 22.3. The second-order valence-corrected chi connectivity index (χ2v) is 7.98. The lowest BCUT2D eigenvalue weighted by Gasteiger charge is -2.38. The van der Waals surface area contributed by atoms with Gasteiger partial charge in [0, 0.05) is 31.9 Å². The molecule has 0 aliphatic carbocycles. The van der Waals surface area contributed by atoms with Gasteiger partial charge in [-0.05, 0) is 48.9 Å². The lowest BCUT2D eigenvalue weighted by molar-refractivity contribution is -0.120. The van der Waals surface area contributed by atoms with Crippen molar-refractivity contribution >= 4 is 17.3 Å². The van der Waals surface area contributed by atoms with Crippen LogP contribution >= 0.6 is 0 Å². The molecule has 166 valence electrons. The first-order valence-electron chi connectivity index (χ1n) is 10.9. The highest BCUT2D eigenvalue weighted by Crippen LogP contribution is 2.27. The van der Waals surface area contributed by atoms with Crippen LogP contribution in [0, 0.1) is 0 Å². The molecule has 1 aliphatic rings. The molecule has 0 spiro atoms. The van der Waals surface area contributed by atoms with Gasteiger partial charge in [0.1, 0.15) is 18.1 Å². The van der Waals surface area contributed by atoms with E-state index in [1.54, 1.807) is 6.07 Å². The summed E-state index contributed by atoms with van der Waals surface area (Å²) in [4.78, 5) is 17.1. The van der Waals surface area contributed by atoms with Crippen LogP contribution in [-0.4, -0.2) is 48.1 Å².